The van der Waals surface area contributed by atoms with Gasteiger partial charge in [-0.2, -0.15) is 0 Å². The van der Waals surface area contributed by atoms with Crippen molar-refractivity contribution in [2.24, 2.45) is 5.41 Å². The third-order valence-corrected chi connectivity index (χ3v) is 3.96. The normalized spacial score (nSPS) is 29.5. The van der Waals surface area contributed by atoms with E-state index in [0.29, 0.717) is 5.41 Å². The van der Waals surface area contributed by atoms with Crippen molar-refractivity contribution in [3.63, 3.8) is 0 Å². The third-order valence-electron chi connectivity index (χ3n) is 3.96. The molecule has 4 heteroatoms. The van der Waals surface area contributed by atoms with Gasteiger partial charge in [-0.3, -0.25) is 4.90 Å². The molecule has 0 aromatic heterocycles. The molecule has 102 valence electrons. The zero-order valence-electron chi connectivity index (χ0n) is 12.0. The molecule has 1 rings (SSSR count). The lowest BCUT2D eigenvalue weighted by Gasteiger charge is -2.32. The first-order chi connectivity index (χ1) is 8.08. The molecule has 3 atom stereocenters. The quantitative estimate of drug-likeness (QED) is 0.723. The molecule has 1 aliphatic heterocycles. The van der Waals surface area contributed by atoms with Crippen LogP contribution in [-0.2, 0) is 9.47 Å². The zero-order valence-corrected chi connectivity index (χ0v) is 12.0. The second kappa shape index (κ2) is 6.69. The number of hydrogen-bond acceptors (Lipinski definition) is 4. The minimum Gasteiger partial charge on any atom is -0.377 e. The molecule has 1 heterocycles. The van der Waals surface area contributed by atoms with E-state index in [-0.39, 0.29) is 12.2 Å². The molecule has 0 spiro atoms. The van der Waals surface area contributed by atoms with Crippen LogP contribution in [-0.4, -0.2) is 64.6 Å². The van der Waals surface area contributed by atoms with Crippen LogP contribution in [0.4, 0.5) is 0 Å². The van der Waals surface area contributed by atoms with Gasteiger partial charge in [-0.15, -0.1) is 0 Å². The maximum Gasteiger partial charge on any atom is 0.0971 e. The second-order valence-electron chi connectivity index (χ2n) is 5.44. The van der Waals surface area contributed by atoms with Crippen molar-refractivity contribution >= 4 is 0 Å². The smallest absolute Gasteiger partial charge is 0.0971 e. The predicted molar refractivity (Wildman–Crippen MR) is 70.4 cm³/mol. The third kappa shape index (κ3) is 3.91. The molecule has 1 fully saturated rings. The van der Waals surface area contributed by atoms with Crippen LogP contribution in [0.1, 0.15) is 20.3 Å². The lowest BCUT2D eigenvalue weighted by Crippen LogP contribution is -2.40. The molecule has 1 N–H and O–H groups in total. The molecule has 1 saturated heterocycles. The molecule has 3 unspecified atom stereocenters. The van der Waals surface area contributed by atoms with Crippen LogP contribution in [0, 0.1) is 5.41 Å². The molecule has 4 nitrogen and oxygen atoms in total. The van der Waals surface area contributed by atoms with E-state index in [1.54, 1.807) is 14.2 Å². The average molecular weight is 244 g/mol. The fourth-order valence-corrected chi connectivity index (χ4v) is 2.66. The summed E-state index contributed by atoms with van der Waals surface area (Å²) in [6.45, 7) is 8.71. The summed E-state index contributed by atoms with van der Waals surface area (Å²) in [6.07, 6.45) is 1.62. The second-order valence-corrected chi connectivity index (χ2v) is 5.44. The van der Waals surface area contributed by atoms with Gasteiger partial charge in [-0.05, 0) is 18.9 Å². The van der Waals surface area contributed by atoms with Crippen LogP contribution in [0.5, 0.6) is 0 Å². The Balaban J connectivity index is 2.52. The SMILES string of the molecule is CCC(C)(CNC)CN1CC(OC)C(OC)C1. The maximum absolute atomic E-state index is 5.47. The standard InChI is InChI=1S/C13H28N2O2/c1-6-13(2,9-14-3)10-15-7-11(16-4)12(8-15)17-5/h11-12,14H,6-10H2,1-5H3. The molecule has 0 aromatic rings. The molecule has 0 bridgehead atoms. The number of ether oxygens (including phenoxy) is 2. The first-order valence-electron chi connectivity index (χ1n) is 6.51. The van der Waals surface area contributed by atoms with E-state index in [1.807, 2.05) is 7.05 Å². The van der Waals surface area contributed by atoms with Gasteiger partial charge < -0.3 is 14.8 Å². The van der Waals surface area contributed by atoms with Gasteiger partial charge in [-0.1, -0.05) is 13.8 Å². The lowest BCUT2D eigenvalue weighted by atomic mass is 9.87. The van der Waals surface area contributed by atoms with E-state index in [4.69, 9.17) is 9.47 Å². The maximum atomic E-state index is 5.47. The van der Waals surface area contributed by atoms with Crippen molar-refractivity contribution in [2.45, 2.75) is 32.5 Å². The van der Waals surface area contributed by atoms with Crippen LogP contribution >= 0.6 is 0 Å². The Hall–Kier alpha value is -0.160. The van der Waals surface area contributed by atoms with E-state index < -0.39 is 0 Å². The largest absolute Gasteiger partial charge is 0.377 e. The van der Waals surface area contributed by atoms with Crippen molar-refractivity contribution in [2.75, 3.05) is 47.4 Å². The van der Waals surface area contributed by atoms with Gasteiger partial charge in [0.1, 0.15) is 0 Å². The summed E-state index contributed by atoms with van der Waals surface area (Å²) < 4.78 is 10.9. The van der Waals surface area contributed by atoms with E-state index in [0.717, 1.165) is 26.2 Å². The van der Waals surface area contributed by atoms with Crippen molar-refractivity contribution in [1.82, 2.24) is 10.2 Å². The van der Waals surface area contributed by atoms with E-state index >= 15 is 0 Å². The van der Waals surface area contributed by atoms with E-state index in [2.05, 4.69) is 24.1 Å². The highest BCUT2D eigenvalue weighted by Crippen LogP contribution is 2.25. The monoisotopic (exact) mass is 244 g/mol. The van der Waals surface area contributed by atoms with Crippen molar-refractivity contribution < 1.29 is 9.47 Å². The van der Waals surface area contributed by atoms with Crippen LogP contribution < -0.4 is 5.32 Å². The van der Waals surface area contributed by atoms with Gasteiger partial charge in [0.05, 0.1) is 12.2 Å². The number of methoxy groups -OCH3 is 2. The Morgan fingerprint density at radius 1 is 1.24 bits per heavy atom. The summed E-state index contributed by atoms with van der Waals surface area (Å²) in [5, 5.41) is 3.29. The van der Waals surface area contributed by atoms with Crippen LogP contribution in [0.3, 0.4) is 0 Å². The number of nitrogens with one attached hydrogen (secondary N) is 1. The molecule has 0 amide bonds. The molecule has 0 aliphatic carbocycles. The summed E-state index contributed by atoms with van der Waals surface area (Å²) in [4.78, 5) is 2.46. The lowest BCUT2D eigenvalue weighted by molar-refractivity contribution is -0.00461. The fraction of sp³-hybridized carbons (Fsp3) is 1.00. The average Bonchev–Trinajstić information content (AvgIpc) is 2.71. The zero-order chi connectivity index (χ0) is 12.9. The highest BCUT2D eigenvalue weighted by atomic mass is 16.5. The van der Waals surface area contributed by atoms with Crippen LogP contribution in [0.2, 0.25) is 0 Å². The van der Waals surface area contributed by atoms with Crippen molar-refractivity contribution in [3.05, 3.63) is 0 Å². The molecule has 0 saturated carbocycles. The molecular weight excluding hydrogens is 216 g/mol. The van der Waals surface area contributed by atoms with Gasteiger partial charge in [-0.25, -0.2) is 0 Å². The Labute approximate surface area is 106 Å². The highest BCUT2D eigenvalue weighted by molar-refractivity contribution is 4.89. The topological polar surface area (TPSA) is 33.7 Å². The van der Waals surface area contributed by atoms with E-state index in [9.17, 15) is 0 Å². The number of rotatable bonds is 7. The fourth-order valence-electron chi connectivity index (χ4n) is 2.66. The Morgan fingerprint density at radius 3 is 2.12 bits per heavy atom. The molecular formula is C13H28N2O2. The van der Waals surface area contributed by atoms with Crippen molar-refractivity contribution in [1.29, 1.82) is 0 Å². The number of nitrogens with zero attached hydrogens (tertiary/aromatic N) is 1. The predicted octanol–water partition coefficient (Wildman–Crippen LogP) is 0.968. The number of likely N-dealkylation sites (tertiary alicyclic amines) is 1. The van der Waals surface area contributed by atoms with Crippen molar-refractivity contribution in [3.8, 4) is 0 Å². The van der Waals surface area contributed by atoms with E-state index in [1.165, 1.54) is 6.42 Å². The summed E-state index contributed by atoms with van der Waals surface area (Å²) in [5.41, 5.74) is 0.329. The van der Waals surface area contributed by atoms with Crippen LogP contribution in [0.15, 0.2) is 0 Å². The van der Waals surface area contributed by atoms with Crippen LogP contribution in [0.25, 0.3) is 0 Å². The summed E-state index contributed by atoms with van der Waals surface area (Å²) in [7, 11) is 5.56. The number of hydrogen-bond donors (Lipinski definition) is 1. The van der Waals surface area contributed by atoms with Gasteiger partial charge in [0.2, 0.25) is 0 Å². The Kier molecular flexibility index (Phi) is 5.86. The Morgan fingerprint density at radius 2 is 1.76 bits per heavy atom. The van der Waals surface area contributed by atoms with Gasteiger partial charge in [0.15, 0.2) is 0 Å². The first kappa shape index (κ1) is 14.9. The molecule has 1 aliphatic rings. The summed E-state index contributed by atoms with van der Waals surface area (Å²) in [5.74, 6) is 0. The Bertz CT molecular complexity index is 213. The summed E-state index contributed by atoms with van der Waals surface area (Å²) in [6, 6.07) is 0. The molecule has 0 radical (unpaired) electrons. The van der Waals surface area contributed by atoms with Gasteiger partial charge in [0.25, 0.3) is 0 Å². The van der Waals surface area contributed by atoms with Gasteiger partial charge >= 0.3 is 0 Å². The minimum absolute atomic E-state index is 0.218. The highest BCUT2D eigenvalue weighted by Gasteiger charge is 2.36. The minimum atomic E-state index is 0.218. The first-order valence-corrected chi connectivity index (χ1v) is 6.51. The summed E-state index contributed by atoms with van der Waals surface area (Å²) >= 11 is 0. The molecule has 17 heavy (non-hydrogen) atoms. The van der Waals surface area contributed by atoms with Gasteiger partial charge in [0, 0.05) is 40.4 Å². The molecule has 0 aromatic carbocycles.